The number of anilines is 1. The Balaban J connectivity index is 1.46. The van der Waals surface area contributed by atoms with E-state index in [9.17, 15) is 23.5 Å². The average Bonchev–Trinajstić information content (AvgIpc) is 2.97. The third-order valence-electron chi connectivity index (χ3n) is 6.14. The first-order chi connectivity index (χ1) is 14.2. The molecule has 0 unspecified atom stereocenters. The van der Waals surface area contributed by atoms with Crippen molar-refractivity contribution < 1.29 is 23.5 Å². The van der Waals surface area contributed by atoms with Crippen molar-refractivity contribution in [3.8, 4) is 0 Å². The Kier molecular flexibility index (Phi) is 5.32. The van der Waals surface area contributed by atoms with Crippen molar-refractivity contribution >= 4 is 17.5 Å². The predicted octanol–water partition coefficient (Wildman–Crippen LogP) is 4.30. The number of piperidine rings is 1. The molecule has 5 nitrogen and oxygen atoms in total. The van der Waals surface area contributed by atoms with E-state index in [1.165, 1.54) is 19.1 Å². The number of carbonyl (C=O) groups excluding carboxylic acids is 2. The quantitative estimate of drug-likeness (QED) is 0.733. The molecule has 2 fully saturated rings. The Labute approximate surface area is 173 Å². The number of nitrogens with one attached hydrogen (secondary N) is 1. The van der Waals surface area contributed by atoms with Gasteiger partial charge >= 0.3 is 6.03 Å². The van der Waals surface area contributed by atoms with Gasteiger partial charge < -0.3 is 15.3 Å². The molecule has 2 heterocycles. The molecule has 0 saturated carbocycles. The van der Waals surface area contributed by atoms with Crippen molar-refractivity contribution in [1.29, 1.82) is 0 Å². The lowest BCUT2D eigenvalue weighted by Crippen LogP contribution is -2.55. The highest BCUT2D eigenvalue weighted by Gasteiger charge is 2.49. The number of carbonyl (C=O) groups is 2. The van der Waals surface area contributed by atoms with Gasteiger partial charge in [0.1, 0.15) is 11.6 Å². The van der Waals surface area contributed by atoms with Gasteiger partial charge in [0.2, 0.25) is 0 Å². The zero-order valence-electron chi connectivity index (χ0n) is 16.7. The standard InChI is InChI=1S/C23H24F2N2O3/c1-14(28)15-3-2-4-18(9-15)26-22(29)27-19-7-8-20(27)13-23(30,12-19)11-16-5-6-17(24)10-21(16)25/h2-6,9-10,19-20,30H,7-8,11-13H2,1H3,(H,26,29)/t19-,20-/m0/s1. The first kappa shape index (κ1) is 20.5. The van der Waals surface area contributed by atoms with Gasteiger partial charge in [-0.2, -0.15) is 0 Å². The minimum Gasteiger partial charge on any atom is -0.389 e. The Morgan fingerprint density at radius 1 is 1.13 bits per heavy atom. The summed E-state index contributed by atoms with van der Waals surface area (Å²) in [5, 5.41) is 14.0. The molecule has 2 aliphatic heterocycles. The smallest absolute Gasteiger partial charge is 0.322 e. The highest BCUT2D eigenvalue weighted by atomic mass is 19.1. The molecule has 0 radical (unpaired) electrons. The van der Waals surface area contributed by atoms with E-state index in [0.29, 0.717) is 24.1 Å². The third kappa shape index (κ3) is 4.07. The molecule has 158 valence electrons. The van der Waals surface area contributed by atoms with Gasteiger partial charge in [0.25, 0.3) is 0 Å². The van der Waals surface area contributed by atoms with Gasteiger partial charge in [-0.25, -0.2) is 13.6 Å². The fourth-order valence-electron chi connectivity index (χ4n) is 4.82. The van der Waals surface area contributed by atoms with Crippen LogP contribution in [0, 0.1) is 11.6 Å². The molecule has 2 atom stereocenters. The first-order valence-electron chi connectivity index (χ1n) is 10.1. The predicted molar refractivity (Wildman–Crippen MR) is 108 cm³/mol. The Bertz CT molecular complexity index is 980. The Hall–Kier alpha value is -2.80. The number of urea groups is 1. The van der Waals surface area contributed by atoms with E-state index in [1.807, 2.05) is 0 Å². The van der Waals surface area contributed by atoms with Gasteiger partial charge in [0.05, 0.1) is 5.60 Å². The van der Waals surface area contributed by atoms with E-state index in [2.05, 4.69) is 5.32 Å². The molecule has 2 amide bonds. The van der Waals surface area contributed by atoms with Crippen molar-refractivity contribution in [2.75, 3.05) is 5.32 Å². The number of nitrogens with zero attached hydrogens (tertiary/aromatic N) is 1. The summed E-state index contributed by atoms with van der Waals surface area (Å²) in [6.45, 7) is 1.47. The van der Waals surface area contributed by atoms with Crippen LogP contribution in [0.5, 0.6) is 0 Å². The van der Waals surface area contributed by atoms with Gasteiger partial charge in [-0.3, -0.25) is 4.79 Å². The number of fused-ring (bicyclic) bond motifs is 2. The highest BCUT2D eigenvalue weighted by Crippen LogP contribution is 2.42. The maximum Gasteiger partial charge on any atom is 0.322 e. The highest BCUT2D eigenvalue weighted by molar-refractivity contribution is 5.96. The Morgan fingerprint density at radius 2 is 1.83 bits per heavy atom. The van der Waals surface area contributed by atoms with E-state index in [-0.39, 0.29) is 35.9 Å². The molecule has 2 aromatic rings. The minimum atomic E-state index is -1.14. The lowest BCUT2D eigenvalue weighted by Gasteiger charge is -2.43. The Morgan fingerprint density at radius 3 is 2.47 bits per heavy atom. The number of benzene rings is 2. The van der Waals surface area contributed by atoms with Crippen molar-refractivity contribution in [2.24, 2.45) is 0 Å². The number of rotatable bonds is 4. The number of hydrogen-bond donors (Lipinski definition) is 2. The van der Waals surface area contributed by atoms with Crippen LogP contribution >= 0.6 is 0 Å². The molecule has 7 heteroatoms. The molecule has 2 saturated heterocycles. The summed E-state index contributed by atoms with van der Waals surface area (Å²) in [6, 6.07) is 9.57. The number of aliphatic hydroxyl groups is 1. The monoisotopic (exact) mass is 414 g/mol. The topological polar surface area (TPSA) is 69.6 Å². The second-order valence-corrected chi connectivity index (χ2v) is 8.40. The molecule has 0 spiro atoms. The summed E-state index contributed by atoms with van der Waals surface area (Å²) in [5.74, 6) is -1.40. The van der Waals surface area contributed by atoms with Crippen molar-refractivity contribution in [3.05, 3.63) is 65.2 Å². The van der Waals surface area contributed by atoms with E-state index >= 15 is 0 Å². The minimum absolute atomic E-state index is 0.0813. The van der Waals surface area contributed by atoms with Crippen LogP contribution in [0.15, 0.2) is 42.5 Å². The van der Waals surface area contributed by atoms with Crippen molar-refractivity contribution in [2.45, 2.75) is 56.7 Å². The van der Waals surface area contributed by atoms with Crippen LogP contribution in [0.3, 0.4) is 0 Å². The van der Waals surface area contributed by atoms with Gasteiger partial charge in [0.15, 0.2) is 5.78 Å². The number of Topliss-reactive ketones (excluding diaryl/α,β-unsaturated/α-hetero) is 1. The van der Waals surface area contributed by atoms with Crippen LogP contribution in [0.1, 0.15) is 48.5 Å². The number of halogens is 2. The summed E-state index contributed by atoms with van der Waals surface area (Å²) >= 11 is 0. The summed E-state index contributed by atoms with van der Waals surface area (Å²) < 4.78 is 27.2. The lowest BCUT2D eigenvalue weighted by atomic mass is 9.81. The summed E-state index contributed by atoms with van der Waals surface area (Å²) in [7, 11) is 0. The lowest BCUT2D eigenvalue weighted by molar-refractivity contribution is -0.0372. The maximum absolute atomic E-state index is 14.1. The molecule has 4 rings (SSSR count). The number of amides is 2. The average molecular weight is 414 g/mol. The largest absolute Gasteiger partial charge is 0.389 e. The molecule has 2 bridgehead atoms. The molecule has 2 aliphatic rings. The summed E-state index contributed by atoms with van der Waals surface area (Å²) in [5.41, 5.74) is 0.194. The molecule has 2 aromatic carbocycles. The number of ketones is 1. The van der Waals surface area contributed by atoms with Gasteiger partial charge in [0, 0.05) is 35.8 Å². The van der Waals surface area contributed by atoms with Crippen LogP contribution in [0.2, 0.25) is 0 Å². The van der Waals surface area contributed by atoms with Crippen molar-refractivity contribution in [1.82, 2.24) is 4.90 Å². The van der Waals surface area contributed by atoms with E-state index in [1.54, 1.807) is 29.2 Å². The molecule has 0 aliphatic carbocycles. The zero-order valence-corrected chi connectivity index (χ0v) is 16.7. The summed E-state index contributed by atoms with van der Waals surface area (Å²) in [6.07, 6.45) is 2.28. The fraction of sp³-hybridized carbons (Fsp3) is 0.391. The van der Waals surface area contributed by atoms with Crippen LogP contribution in [-0.4, -0.2) is 39.5 Å². The maximum atomic E-state index is 14.1. The normalized spacial score (nSPS) is 25.3. The van der Waals surface area contributed by atoms with Crippen LogP contribution < -0.4 is 5.32 Å². The zero-order chi connectivity index (χ0) is 21.5. The number of hydrogen-bond acceptors (Lipinski definition) is 3. The molecular formula is C23H24F2N2O3. The fourth-order valence-corrected chi connectivity index (χ4v) is 4.82. The SMILES string of the molecule is CC(=O)c1cccc(NC(=O)N2[C@H]3CC[C@H]2CC(O)(Cc2ccc(F)cc2F)C3)c1. The second kappa shape index (κ2) is 7.80. The van der Waals surface area contributed by atoms with Crippen LogP contribution in [-0.2, 0) is 6.42 Å². The van der Waals surface area contributed by atoms with Crippen LogP contribution in [0.25, 0.3) is 0 Å². The van der Waals surface area contributed by atoms with E-state index in [4.69, 9.17) is 0 Å². The molecule has 30 heavy (non-hydrogen) atoms. The third-order valence-corrected chi connectivity index (χ3v) is 6.14. The first-order valence-corrected chi connectivity index (χ1v) is 10.1. The van der Waals surface area contributed by atoms with Crippen molar-refractivity contribution in [3.63, 3.8) is 0 Å². The van der Waals surface area contributed by atoms with E-state index < -0.39 is 17.2 Å². The second-order valence-electron chi connectivity index (χ2n) is 8.40. The van der Waals surface area contributed by atoms with Gasteiger partial charge in [-0.1, -0.05) is 18.2 Å². The molecular weight excluding hydrogens is 390 g/mol. The molecule has 2 N–H and O–H groups in total. The van der Waals surface area contributed by atoms with Crippen LogP contribution in [0.4, 0.5) is 19.3 Å². The summed E-state index contributed by atoms with van der Waals surface area (Å²) in [4.78, 5) is 26.2. The van der Waals surface area contributed by atoms with Gasteiger partial charge in [-0.15, -0.1) is 0 Å². The van der Waals surface area contributed by atoms with E-state index in [0.717, 1.165) is 18.9 Å². The molecule has 0 aromatic heterocycles. The van der Waals surface area contributed by atoms with Gasteiger partial charge in [-0.05, 0) is 56.4 Å².